The van der Waals surface area contributed by atoms with Crippen LogP contribution in [0.1, 0.15) is 86.7 Å². The first-order valence-electron chi connectivity index (χ1n) is 14.1. The van der Waals surface area contributed by atoms with Crippen LogP contribution in [-0.4, -0.2) is 37.4 Å². The number of ether oxygens (including phenoxy) is 2. The van der Waals surface area contributed by atoms with Crippen molar-refractivity contribution in [1.29, 1.82) is 0 Å². The predicted molar refractivity (Wildman–Crippen MR) is 157 cm³/mol. The summed E-state index contributed by atoms with van der Waals surface area (Å²) in [6, 6.07) is 17.0. The SMILES string of the molecule is CC(c1n[nH]cc1Cl)N(C(C)c1n[nH]cc1Cl)[C@H]1CC[C@H](Oc2ccc3c(c2)CCC(c2ccccc2)O3)CC1. The Bertz CT molecular complexity index is 1370. The Kier molecular flexibility index (Phi) is 8.05. The highest BCUT2D eigenvalue weighted by Gasteiger charge is 2.36. The van der Waals surface area contributed by atoms with Crippen LogP contribution in [0.25, 0.3) is 0 Å². The minimum Gasteiger partial charge on any atom is -0.490 e. The average molecular weight is 581 g/mol. The second kappa shape index (κ2) is 11.9. The number of halogens is 2. The van der Waals surface area contributed by atoms with Crippen LogP contribution in [0.15, 0.2) is 60.9 Å². The lowest BCUT2D eigenvalue weighted by Crippen LogP contribution is -2.43. The number of aromatic nitrogens is 4. The fraction of sp³-hybridized carbons (Fsp3) is 0.419. The number of rotatable bonds is 8. The smallest absolute Gasteiger partial charge is 0.124 e. The number of hydrogen-bond donors (Lipinski definition) is 2. The van der Waals surface area contributed by atoms with E-state index in [0.717, 1.165) is 61.4 Å². The van der Waals surface area contributed by atoms with Crippen molar-refractivity contribution < 1.29 is 9.47 Å². The van der Waals surface area contributed by atoms with Crippen LogP contribution in [0.2, 0.25) is 10.0 Å². The molecule has 3 atom stereocenters. The van der Waals surface area contributed by atoms with Gasteiger partial charge in [0.15, 0.2) is 0 Å². The van der Waals surface area contributed by atoms with Crippen molar-refractivity contribution in [3.8, 4) is 11.5 Å². The normalized spacial score (nSPS) is 22.4. The zero-order valence-corrected chi connectivity index (χ0v) is 24.3. The highest BCUT2D eigenvalue weighted by Crippen LogP contribution is 2.41. The molecule has 0 radical (unpaired) electrons. The Hall–Kier alpha value is -3.00. The zero-order valence-electron chi connectivity index (χ0n) is 22.8. The summed E-state index contributed by atoms with van der Waals surface area (Å²) in [5.74, 6) is 1.89. The molecule has 1 aliphatic heterocycles. The molecule has 0 amide bonds. The Balaban J connectivity index is 1.11. The van der Waals surface area contributed by atoms with Gasteiger partial charge in [-0.05, 0) is 81.7 Å². The lowest BCUT2D eigenvalue weighted by molar-refractivity contribution is 0.0365. The standard InChI is InChI=1S/C31H35Cl2N5O2/c1-19(30-26(32)17-34-36-30)38(20(2)31-27(33)18-35-37-31)23-9-11-24(12-10-23)39-25-13-15-29-22(16-25)8-14-28(40-29)21-6-4-3-5-7-21/h3-7,13,15-20,23-24,28H,8-12,14H2,1-2H3,(H,34,36)(H,35,37)/t19?,20?,23-,24-,28?. The van der Waals surface area contributed by atoms with Crippen LogP contribution in [-0.2, 0) is 6.42 Å². The summed E-state index contributed by atoms with van der Waals surface area (Å²) in [5, 5.41) is 16.0. The molecule has 0 spiro atoms. The minimum absolute atomic E-state index is 0.00987. The third-order valence-corrected chi connectivity index (χ3v) is 9.05. The molecule has 2 aromatic heterocycles. The van der Waals surface area contributed by atoms with Crippen LogP contribution in [0.3, 0.4) is 0 Å². The van der Waals surface area contributed by atoms with Gasteiger partial charge in [-0.1, -0.05) is 53.5 Å². The summed E-state index contributed by atoms with van der Waals surface area (Å²) in [5.41, 5.74) is 4.12. The second-order valence-corrected chi connectivity index (χ2v) is 11.7. The first kappa shape index (κ1) is 27.2. The highest BCUT2D eigenvalue weighted by molar-refractivity contribution is 6.31. The summed E-state index contributed by atoms with van der Waals surface area (Å²) in [4.78, 5) is 2.46. The maximum atomic E-state index is 6.51. The van der Waals surface area contributed by atoms with Crippen molar-refractivity contribution in [2.75, 3.05) is 0 Å². The molecular formula is C31H35Cl2N5O2. The van der Waals surface area contributed by atoms with Crippen LogP contribution in [0.5, 0.6) is 11.5 Å². The van der Waals surface area contributed by atoms with E-state index in [1.807, 2.05) is 12.1 Å². The number of aromatic amines is 2. The monoisotopic (exact) mass is 579 g/mol. The van der Waals surface area contributed by atoms with Gasteiger partial charge in [0.1, 0.15) is 17.6 Å². The summed E-state index contributed by atoms with van der Waals surface area (Å²) in [6.45, 7) is 4.30. The van der Waals surface area contributed by atoms with Gasteiger partial charge in [-0.3, -0.25) is 15.1 Å². The van der Waals surface area contributed by atoms with Gasteiger partial charge in [0.05, 0.1) is 39.6 Å². The Morgan fingerprint density at radius 1 is 0.875 bits per heavy atom. The third kappa shape index (κ3) is 5.60. The highest BCUT2D eigenvalue weighted by atomic mass is 35.5. The van der Waals surface area contributed by atoms with Gasteiger partial charge in [0.25, 0.3) is 0 Å². The molecule has 1 aliphatic carbocycles. The lowest BCUT2D eigenvalue weighted by Gasteiger charge is -2.43. The van der Waals surface area contributed by atoms with E-state index in [9.17, 15) is 0 Å². The molecule has 1 fully saturated rings. The predicted octanol–water partition coefficient (Wildman–Crippen LogP) is 8.02. The van der Waals surface area contributed by atoms with E-state index in [2.05, 4.69) is 75.5 Å². The van der Waals surface area contributed by atoms with Crippen molar-refractivity contribution in [1.82, 2.24) is 25.3 Å². The number of hydrogen-bond acceptors (Lipinski definition) is 5. The molecule has 0 saturated heterocycles. The van der Waals surface area contributed by atoms with Crippen molar-refractivity contribution in [3.05, 3.63) is 93.5 Å². The van der Waals surface area contributed by atoms with E-state index < -0.39 is 0 Å². The van der Waals surface area contributed by atoms with Gasteiger partial charge >= 0.3 is 0 Å². The first-order valence-corrected chi connectivity index (χ1v) is 14.9. The summed E-state index contributed by atoms with van der Waals surface area (Å²) in [6.07, 6.45) is 9.61. The molecule has 7 nitrogen and oxygen atoms in total. The van der Waals surface area contributed by atoms with Gasteiger partial charge < -0.3 is 9.47 Å². The number of fused-ring (bicyclic) bond motifs is 1. The van der Waals surface area contributed by atoms with E-state index in [1.165, 1.54) is 11.1 Å². The van der Waals surface area contributed by atoms with E-state index in [-0.39, 0.29) is 24.3 Å². The molecule has 2 aromatic carbocycles. The summed E-state index contributed by atoms with van der Waals surface area (Å²) >= 11 is 13.0. The molecule has 210 valence electrons. The first-order chi connectivity index (χ1) is 19.5. The average Bonchev–Trinajstić information content (AvgIpc) is 3.62. The van der Waals surface area contributed by atoms with Crippen LogP contribution < -0.4 is 9.47 Å². The van der Waals surface area contributed by atoms with Crippen LogP contribution in [0.4, 0.5) is 0 Å². The zero-order chi connectivity index (χ0) is 27.6. The topological polar surface area (TPSA) is 79.1 Å². The number of nitrogens with one attached hydrogen (secondary N) is 2. The molecule has 40 heavy (non-hydrogen) atoms. The van der Waals surface area contributed by atoms with E-state index in [0.29, 0.717) is 16.1 Å². The number of nitrogens with zero attached hydrogens (tertiary/aromatic N) is 3. The van der Waals surface area contributed by atoms with Crippen LogP contribution in [0, 0.1) is 0 Å². The van der Waals surface area contributed by atoms with Crippen LogP contribution >= 0.6 is 23.2 Å². The van der Waals surface area contributed by atoms with Gasteiger partial charge in [-0.2, -0.15) is 10.2 Å². The molecule has 3 unspecified atom stereocenters. The van der Waals surface area contributed by atoms with Gasteiger partial charge in [-0.25, -0.2) is 0 Å². The lowest BCUT2D eigenvalue weighted by atomic mass is 9.89. The molecule has 4 aromatic rings. The van der Waals surface area contributed by atoms with E-state index in [1.54, 1.807) is 12.4 Å². The molecule has 3 heterocycles. The summed E-state index contributed by atoms with van der Waals surface area (Å²) < 4.78 is 12.8. The quantitative estimate of drug-likeness (QED) is 0.221. The Labute approximate surface area is 245 Å². The Morgan fingerprint density at radius 3 is 2.12 bits per heavy atom. The largest absolute Gasteiger partial charge is 0.490 e. The fourth-order valence-electron chi connectivity index (χ4n) is 6.40. The van der Waals surface area contributed by atoms with Crippen molar-refractivity contribution in [2.24, 2.45) is 0 Å². The number of aryl methyl sites for hydroxylation is 1. The molecule has 6 rings (SSSR count). The molecular weight excluding hydrogens is 545 g/mol. The van der Waals surface area contributed by atoms with Crippen molar-refractivity contribution in [3.63, 3.8) is 0 Å². The molecule has 0 bridgehead atoms. The Morgan fingerprint density at radius 2 is 1.52 bits per heavy atom. The number of benzene rings is 2. The molecule has 9 heteroatoms. The van der Waals surface area contributed by atoms with Crippen molar-refractivity contribution >= 4 is 23.2 Å². The molecule has 2 N–H and O–H groups in total. The maximum absolute atomic E-state index is 6.51. The minimum atomic E-state index is -0.00987. The third-order valence-electron chi connectivity index (χ3n) is 8.44. The van der Waals surface area contributed by atoms with E-state index in [4.69, 9.17) is 32.7 Å². The maximum Gasteiger partial charge on any atom is 0.124 e. The van der Waals surface area contributed by atoms with Crippen molar-refractivity contribution in [2.45, 2.75) is 82.7 Å². The second-order valence-electron chi connectivity index (χ2n) is 10.9. The number of H-pyrrole nitrogens is 2. The fourth-order valence-corrected chi connectivity index (χ4v) is 6.90. The molecule has 2 aliphatic rings. The molecule has 1 saturated carbocycles. The van der Waals surface area contributed by atoms with Gasteiger partial charge in [0, 0.05) is 18.4 Å². The summed E-state index contributed by atoms with van der Waals surface area (Å²) in [7, 11) is 0. The van der Waals surface area contributed by atoms with Gasteiger partial charge in [0.2, 0.25) is 0 Å². The van der Waals surface area contributed by atoms with Gasteiger partial charge in [-0.15, -0.1) is 0 Å². The van der Waals surface area contributed by atoms with E-state index >= 15 is 0 Å².